The van der Waals surface area contributed by atoms with Crippen LogP contribution < -0.4 is 4.72 Å². The van der Waals surface area contributed by atoms with Crippen molar-refractivity contribution in [3.05, 3.63) is 32.8 Å². The van der Waals surface area contributed by atoms with Crippen molar-refractivity contribution in [1.82, 2.24) is 4.72 Å². The monoisotopic (exact) mass is 336 g/mol. The number of hydrogen-bond acceptors (Lipinski definition) is 5. The molecule has 0 heterocycles. The molecule has 1 aromatic rings. The van der Waals surface area contributed by atoms with Gasteiger partial charge in [-0.05, 0) is 25.8 Å². The number of aliphatic hydroxyl groups is 1. The average molecular weight is 337 g/mol. The Morgan fingerprint density at radius 2 is 2.10 bits per heavy atom. The minimum atomic E-state index is -3.94. The van der Waals surface area contributed by atoms with Crippen molar-refractivity contribution in [2.75, 3.05) is 6.61 Å². The van der Waals surface area contributed by atoms with Crippen LogP contribution in [0.4, 0.5) is 5.69 Å². The maximum Gasteiger partial charge on any atom is 0.275 e. The lowest BCUT2D eigenvalue weighted by atomic mass is 10.2. The van der Waals surface area contributed by atoms with Crippen molar-refractivity contribution in [2.45, 2.75) is 37.6 Å². The van der Waals surface area contributed by atoms with Gasteiger partial charge in [0, 0.05) is 24.3 Å². The molecule has 0 aliphatic heterocycles. The molecule has 0 fully saturated rings. The summed E-state index contributed by atoms with van der Waals surface area (Å²) < 4.78 is 26.9. The number of nitrogens with zero attached hydrogens (tertiary/aromatic N) is 1. The van der Waals surface area contributed by atoms with Gasteiger partial charge < -0.3 is 5.11 Å². The molecule has 0 spiro atoms. The SMILES string of the molecule is CCC(CCO)NS(=O)(=O)c1cc(Cl)c(C)c([N+](=O)[O-])c1. The summed E-state index contributed by atoms with van der Waals surface area (Å²) in [6, 6.07) is 1.71. The van der Waals surface area contributed by atoms with E-state index < -0.39 is 21.0 Å². The zero-order valence-electron chi connectivity index (χ0n) is 11.7. The summed E-state index contributed by atoms with van der Waals surface area (Å²) in [7, 11) is -3.94. The van der Waals surface area contributed by atoms with Gasteiger partial charge in [0.15, 0.2) is 0 Å². The lowest BCUT2D eigenvalue weighted by Crippen LogP contribution is -2.35. The predicted molar refractivity (Wildman–Crippen MR) is 78.9 cm³/mol. The summed E-state index contributed by atoms with van der Waals surface area (Å²) in [5.74, 6) is 0. The minimum Gasteiger partial charge on any atom is -0.396 e. The molecule has 0 saturated carbocycles. The van der Waals surface area contributed by atoms with Gasteiger partial charge in [-0.1, -0.05) is 18.5 Å². The Hall–Kier alpha value is -1.22. The fourth-order valence-electron chi connectivity index (χ4n) is 1.77. The highest BCUT2D eigenvalue weighted by molar-refractivity contribution is 7.89. The van der Waals surface area contributed by atoms with E-state index in [4.69, 9.17) is 16.7 Å². The van der Waals surface area contributed by atoms with E-state index in [1.807, 2.05) is 0 Å². The van der Waals surface area contributed by atoms with Crippen LogP contribution in [0.1, 0.15) is 25.3 Å². The van der Waals surface area contributed by atoms with Gasteiger partial charge in [-0.3, -0.25) is 10.1 Å². The maximum atomic E-state index is 12.2. The standard InChI is InChI=1S/C12H17ClN2O5S/c1-3-9(4-5-16)14-21(19,20)10-6-11(13)8(2)12(7-10)15(17)18/h6-7,9,14,16H,3-5H2,1-2H3. The topological polar surface area (TPSA) is 110 Å². The molecule has 0 aliphatic rings. The van der Waals surface area contributed by atoms with Crippen LogP contribution in [0.3, 0.4) is 0 Å². The Morgan fingerprint density at radius 3 is 2.57 bits per heavy atom. The third-order valence-electron chi connectivity index (χ3n) is 3.09. The van der Waals surface area contributed by atoms with Gasteiger partial charge in [-0.25, -0.2) is 13.1 Å². The van der Waals surface area contributed by atoms with Crippen molar-refractivity contribution >= 4 is 27.3 Å². The van der Waals surface area contributed by atoms with Crippen LogP contribution in [0.15, 0.2) is 17.0 Å². The second-order valence-electron chi connectivity index (χ2n) is 4.55. The van der Waals surface area contributed by atoms with Crippen LogP contribution in [0.25, 0.3) is 0 Å². The zero-order chi connectivity index (χ0) is 16.2. The minimum absolute atomic E-state index is 0.0137. The first kappa shape index (κ1) is 17.8. The van der Waals surface area contributed by atoms with Crippen molar-refractivity contribution in [1.29, 1.82) is 0 Å². The van der Waals surface area contributed by atoms with Gasteiger partial charge >= 0.3 is 0 Å². The summed E-state index contributed by atoms with van der Waals surface area (Å²) in [5.41, 5.74) is -0.138. The number of rotatable bonds is 7. The van der Waals surface area contributed by atoms with Gasteiger partial charge in [0.1, 0.15) is 0 Å². The second kappa shape index (κ2) is 7.17. The number of nitro groups is 1. The normalized spacial score (nSPS) is 13.1. The first-order valence-corrected chi connectivity index (χ1v) is 8.16. The molecule has 0 bridgehead atoms. The summed E-state index contributed by atoms with van der Waals surface area (Å²) in [5, 5.41) is 19.8. The fourth-order valence-corrected chi connectivity index (χ4v) is 3.45. The van der Waals surface area contributed by atoms with E-state index >= 15 is 0 Å². The first-order valence-electron chi connectivity index (χ1n) is 6.30. The van der Waals surface area contributed by atoms with Crippen LogP contribution >= 0.6 is 11.6 Å². The maximum absolute atomic E-state index is 12.2. The van der Waals surface area contributed by atoms with Gasteiger partial charge in [0.05, 0.1) is 14.8 Å². The third-order valence-corrected chi connectivity index (χ3v) is 4.98. The van der Waals surface area contributed by atoms with E-state index in [9.17, 15) is 18.5 Å². The molecule has 0 aromatic heterocycles. The number of nitro benzene ring substituents is 1. The Kier molecular flexibility index (Phi) is 6.09. The summed E-state index contributed by atoms with van der Waals surface area (Å²) in [6.07, 6.45) is 0.749. The molecule has 1 unspecified atom stereocenters. The molecule has 21 heavy (non-hydrogen) atoms. The van der Waals surface area contributed by atoms with E-state index in [1.165, 1.54) is 13.0 Å². The summed E-state index contributed by atoms with van der Waals surface area (Å²) in [4.78, 5) is 9.99. The predicted octanol–water partition coefficient (Wildman–Crippen LogP) is 2.00. The van der Waals surface area contributed by atoms with Crippen LogP contribution in [0.5, 0.6) is 0 Å². The van der Waals surface area contributed by atoms with Crippen molar-refractivity contribution in [3.8, 4) is 0 Å². The number of nitrogens with one attached hydrogen (secondary N) is 1. The van der Waals surface area contributed by atoms with Crippen molar-refractivity contribution < 1.29 is 18.4 Å². The second-order valence-corrected chi connectivity index (χ2v) is 6.67. The highest BCUT2D eigenvalue weighted by atomic mass is 35.5. The van der Waals surface area contributed by atoms with E-state index in [-0.39, 0.29) is 34.2 Å². The Labute approximate surface area is 128 Å². The molecule has 1 aromatic carbocycles. The molecule has 9 heteroatoms. The summed E-state index contributed by atoms with van der Waals surface area (Å²) in [6.45, 7) is 3.06. The zero-order valence-corrected chi connectivity index (χ0v) is 13.2. The molecular weight excluding hydrogens is 320 g/mol. The average Bonchev–Trinajstić information content (AvgIpc) is 2.40. The van der Waals surface area contributed by atoms with Crippen LogP contribution in [-0.4, -0.2) is 31.1 Å². The van der Waals surface area contributed by atoms with Gasteiger partial charge in [-0.2, -0.15) is 0 Å². The molecule has 0 radical (unpaired) electrons. The van der Waals surface area contributed by atoms with Crippen LogP contribution in [0.2, 0.25) is 5.02 Å². The molecule has 0 amide bonds. The number of hydrogen-bond donors (Lipinski definition) is 2. The molecule has 2 N–H and O–H groups in total. The number of benzene rings is 1. The Bertz CT molecular complexity index is 633. The number of sulfonamides is 1. The lowest BCUT2D eigenvalue weighted by molar-refractivity contribution is -0.385. The largest absolute Gasteiger partial charge is 0.396 e. The molecule has 0 aliphatic carbocycles. The van der Waals surface area contributed by atoms with Crippen molar-refractivity contribution in [3.63, 3.8) is 0 Å². The number of aliphatic hydroxyl groups excluding tert-OH is 1. The molecule has 0 saturated heterocycles. The van der Waals surface area contributed by atoms with Gasteiger partial charge in [0.25, 0.3) is 5.69 Å². The third kappa shape index (κ3) is 4.37. The van der Waals surface area contributed by atoms with Crippen molar-refractivity contribution in [2.24, 2.45) is 0 Å². The molecule has 1 rings (SSSR count). The first-order chi connectivity index (χ1) is 9.72. The fraction of sp³-hybridized carbons (Fsp3) is 0.500. The Morgan fingerprint density at radius 1 is 1.48 bits per heavy atom. The van der Waals surface area contributed by atoms with E-state index in [0.717, 1.165) is 6.07 Å². The Balaban J connectivity index is 3.23. The highest BCUT2D eigenvalue weighted by Gasteiger charge is 2.24. The van der Waals surface area contributed by atoms with E-state index in [1.54, 1.807) is 6.92 Å². The number of halogens is 1. The molecule has 7 nitrogen and oxygen atoms in total. The smallest absolute Gasteiger partial charge is 0.275 e. The highest BCUT2D eigenvalue weighted by Crippen LogP contribution is 2.29. The summed E-state index contributed by atoms with van der Waals surface area (Å²) >= 11 is 5.86. The quantitative estimate of drug-likeness (QED) is 0.584. The lowest BCUT2D eigenvalue weighted by Gasteiger charge is -2.16. The van der Waals surface area contributed by atoms with E-state index in [2.05, 4.69) is 4.72 Å². The van der Waals surface area contributed by atoms with Crippen LogP contribution in [0, 0.1) is 17.0 Å². The molecule has 1 atom stereocenters. The van der Waals surface area contributed by atoms with Gasteiger partial charge in [0.2, 0.25) is 10.0 Å². The van der Waals surface area contributed by atoms with E-state index in [0.29, 0.717) is 6.42 Å². The molecular formula is C12H17ClN2O5S. The van der Waals surface area contributed by atoms with Crippen LogP contribution in [-0.2, 0) is 10.0 Å². The molecule has 118 valence electrons. The van der Waals surface area contributed by atoms with Gasteiger partial charge in [-0.15, -0.1) is 0 Å².